The largest absolute Gasteiger partial charge is 0.481 e. The Kier molecular flexibility index (Phi) is 4.52. The van der Waals surface area contributed by atoms with Crippen LogP contribution in [0.5, 0.6) is 0 Å². The van der Waals surface area contributed by atoms with Crippen molar-refractivity contribution in [3.8, 4) is 0 Å². The molecule has 2 rings (SSSR count). The fourth-order valence-electron chi connectivity index (χ4n) is 2.44. The second kappa shape index (κ2) is 6.14. The number of hydrogen-bond acceptors (Lipinski definition) is 4. The number of thiazole rings is 1. The van der Waals surface area contributed by atoms with E-state index in [1.165, 1.54) is 11.3 Å². The highest BCUT2D eigenvalue weighted by molar-refractivity contribution is 7.09. The lowest BCUT2D eigenvalue weighted by atomic mass is 9.93. The smallest absolute Gasteiger partial charge is 0.303 e. The minimum atomic E-state index is -0.765. The quantitative estimate of drug-likeness (QED) is 0.918. The number of aromatic nitrogens is 1. The zero-order valence-corrected chi connectivity index (χ0v) is 11.8. The Balaban J connectivity index is 1.93. The molecule has 0 radical (unpaired) electrons. The van der Waals surface area contributed by atoms with E-state index in [1.807, 2.05) is 11.8 Å². The summed E-state index contributed by atoms with van der Waals surface area (Å²) in [7, 11) is 0. The molecule has 0 aliphatic carbocycles. The Bertz CT molecular complexity index is 472. The predicted octanol–water partition coefficient (Wildman–Crippen LogP) is 2.17. The van der Waals surface area contributed by atoms with Crippen molar-refractivity contribution in [3.05, 3.63) is 16.1 Å². The normalized spacial score (nSPS) is 19.4. The highest BCUT2D eigenvalue weighted by Crippen LogP contribution is 2.22. The van der Waals surface area contributed by atoms with Crippen LogP contribution >= 0.6 is 11.3 Å². The summed E-state index contributed by atoms with van der Waals surface area (Å²) in [4.78, 5) is 28.9. The standard InChI is InChI=1S/C13H18N2O3S/c1-9-14-11(8-19-9)13(18)15-6-2-3-10(7-15)4-5-12(16)17/h8,10H,2-7H2,1H3,(H,16,17). The average molecular weight is 282 g/mol. The van der Waals surface area contributed by atoms with Crippen molar-refractivity contribution in [1.82, 2.24) is 9.88 Å². The van der Waals surface area contributed by atoms with Crippen molar-refractivity contribution >= 4 is 23.2 Å². The van der Waals surface area contributed by atoms with Gasteiger partial charge in [-0.1, -0.05) is 0 Å². The number of carboxylic acids is 1. The number of carbonyl (C=O) groups is 2. The molecule has 1 aliphatic rings. The zero-order chi connectivity index (χ0) is 13.8. The molecule has 1 N–H and O–H groups in total. The molecule has 5 nitrogen and oxygen atoms in total. The van der Waals surface area contributed by atoms with Crippen LogP contribution in [-0.2, 0) is 4.79 Å². The van der Waals surface area contributed by atoms with Gasteiger partial charge in [0.1, 0.15) is 5.69 Å². The molecule has 104 valence electrons. The molecule has 2 heterocycles. The number of carboxylic acid groups (broad SMARTS) is 1. The number of piperidine rings is 1. The molecule has 19 heavy (non-hydrogen) atoms. The van der Waals surface area contributed by atoms with Gasteiger partial charge in [-0.2, -0.15) is 0 Å². The molecular formula is C13H18N2O3S. The number of aliphatic carboxylic acids is 1. The first-order valence-electron chi connectivity index (χ1n) is 6.49. The van der Waals surface area contributed by atoms with Gasteiger partial charge < -0.3 is 10.0 Å². The summed E-state index contributed by atoms with van der Waals surface area (Å²) in [6, 6.07) is 0. The van der Waals surface area contributed by atoms with Gasteiger partial charge in [-0.15, -0.1) is 11.3 Å². The summed E-state index contributed by atoms with van der Waals surface area (Å²) in [5.41, 5.74) is 0.515. The zero-order valence-electron chi connectivity index (χ0n) is 11.0. The summed E-state index contributed by atoms with van der Waals surface area (Å²) in [5, 5.41) is 11.4. The number of rotatable bonds is 4. The third-order valence-corrected chi connectivity index (χ3v) is 4.18. The summed E-state index contributed by atoms with van der Waals surface area (Å²) < 4.78 is 0. The van der Waals surface area contributed by atoms with Gasteiger partial charge >= 0.3 is 5.97 Å². The van der Waals surface area contributed by atoms with Crippen molar-refractivity contribution < 1.29 is 14.7 Å². The molecule has 1 aliphatic heterocycles. The second-order valence-corrected chi connectivity index (χ2v) is 6.01. The van der Waals surface area contributed by atoms with Crippen LogP contribution in [0, 0.1) is 12.8 Å². The van der Waals surface area contributed by atoms with E-state index >= 15 is 0 Å². The van der Waals surface area contributed by atoms with Crippen LogP contribution in [0.25, 0.3) is 0 Å². The van der Waals surface area contributed by atoms with E-state index in [9.17, 15) is 9.59 Å². The molecule has 0 aromatic carbocycles. The monoisotopic (exact) mass is 282 g/mol. The average Bonchev–Trinajstić information content (AvgIpc) is 2.82. The molecule has 6 heteroatoms. The number of carbonyl (C=O) groups excluding carboxylic acids is 1. The lowest BCUT2D eigenvalue weighted by Gasteiger charge is -2.32. The molecule has 0 bridgehead atoms. The number of nitrogens with zero attached hydrogens (tertiary/aromatic N) is 2. The van der Waals surface area contributed by atoms with Gasteiger partial charge in [0.05, 0.1) is 5.01 Å². The molecular weight excluding hydrogens is 264 g/mol. The topological polar surface area (TPSA) is 70.5 Å². The van der Waals surface area contributed by atoms with Gasteiger partial charge in [-0.3, -0.25) is 9.59 Å². The lowest BCUT2D eigenvalue weighted by Crippen LogP contribution is -2.40. The van der Waals surface area contributed by atoms with E-state index in [0.717, 1.165) is 24.4 Å². The van der Waals surface area contributed by atoms with Crippen molar-refractivity contribution in [2.45, 2.75) is 32.6 Å². The van der Waals surface area contributed by atoms with Crippen molar-refractivity contribution in [1.29, 1.82) is 0 Å². The molecule has 0 saturated carbocycles. The number of hydrogen-bond donors (Lipinski definition) is 1. The first-order valence-corrected chi connectivity index (χ1v) is 7.37. The van der Waals surface area contributed by atoms with Gasteiger partial charge in [-0.25, -0.2) is 4.98 Å². The minimum Gasteiger partial charge on any atom is -0.481 e. The van der Waals surface area contributed by atoms with Crippen LogP contribution in [0.15, 0.2) is 5.38 Å². The Morgan fingerprint density at radius 1 is 1.58 bits per heavy atom. The van der Waals surface area contributed by atoms with Crippen LogP contribution in [0.1, 0.15) is 41.2 Å². The summed E-state index contributed by atoms with van der Waals surface area (Å²) >= 11 is 1.48. The second-order valence-electron chi connectivity index (χ2n) is 4.94. The maximum Gasteiger partial charge on any atom is 0.303 e. The first kappa shape index (κ1) is 14.0. The van der Waals surface area contributed by atoms with E-state index < -0.39 is 5.97 Å². The molecule has 1 atom stereocenters. The molecule has 1 fully saturated rings. The number of aryl methyl sites for hydroxylation is 1. The summed E-state index contributed by atoms with van der Waals surface area (Å²) in [5.74, 6) is -0.489. The van der Waals surface area contributed by atoms with E-state index in [2.05, 4.69) is 4.98 Å². The Morgan fingerprint density at radius 3 is 3.00 bits per heavy atom. The highest BCUT2D eigenvalue weighted by atomic mass is 32.1. The summed E-state index contributed by atoms with van der Waals surface area (Å²) in [6.07, 6.45) is 2.78. The molecule has 1 saturated heterocycles. The van der Waals surface area contributed by atoms with Crippen LogP contribution in [-0.4, -0.2) is 40.0 Å². The Labute approximate surface area is 116 Å². The molecule has 1 unspecified atom stereocenters. The number of likely N-dealkylation sites (tertiary alicyclic amines) is 1. The van der Waals surface area contributed by atoms with Gasteiger partial charge in [-0.05, 0) is 32.1 Å². The van der Waals surface area contributed by atoms with Crippen molar-refractivity contribution in [2.75, 3.05) is 13.1 Å². The maximum atomic E-state index is 12.3. The van der Waals surface area contributed by atoms with Gasteiger partial charge in [0.2, 0.25) is 0 Å². The predicted molar refractivity (Wildman–Crippen MR) is 72.3 cm³/mol. The lowest BCUT2D eigenvalue weighted by molar-refractivity contribution is -0.137. The highest BCUT2D eigenvalue weighted by Gasteiger charge is 2.25. The minimum absolute atomic E-state index is 0.0237. The maximum absolute atomic E-state index is 12.3. The van der Waals surface area contributed by atoms with Crippen LogP contribution < -0.4 is 0 Å². The SMILES string of the molecule is Cc1nc(C(=O)N2CCCC(CCC(=O)O)C2)cs1. The summed E-state index contributed by atoms with van der Waals surface area (Å²) in [6.45, 7) is 3.29. The van der Waals surface area contributed by atoms with Gasteiger partial charge in [0, 0.05) is 24.9 Å². The third-order valence-electron chi connectivity index (χ3n) is 3.41. The van der Waals surface area contributed by atoms with E-state index in [1.54, 1.807) is 5.38 Å². The van der Waals surface area contributed by atoms with Gasteiger partial charge in [0.15, 0.2) is 0 Å². The molecule has 1 aromatic heterocycles. The Hall–Kier alpha value is -1.43. The van der Waals surface area contributed by atoms with Crippen LogP contribution in [0.4, 0.5) is 0 Å². The Morgan fingerprint density at radius 2 is 2.37 bits per heavy atom. The fourth-order valence-corrected chi connectivity index (χ4v) is 3.02. The third kappa shape index (κ3) is 3.76. The molecule has 0 spiro atoms. The van der Waals surface area contributed by atoms with E-state index in [0.29, 0.717) is 24.6 Å². The van der Waals surface area contributed by atoms with Crippen LogP contribution in [0.2, 0.25) is 0 Å². The molecule has 1 aromatic rings. The van der Waals surface area contributed by atoms with Crippen LogP contribution in [0.3, 0.4) is 0 Å². The van der Waals surface area contributed by atoms with E-state index in [-0.39, 0.29) is 12.3 Å². The van der Waals surface area contributed by atoms with Crippen molar-refractivity contribution in [3.63, 3.8) is 0 Å². The first-order chi connectivity index (χ1) is 9.06. The fraction of sp³-hybridized carbons (Fsp3) is 0.615. The van der Waals surface area contributed by atoms with Gasteiger partial charge in [0.25, 0.3) is 5.91 Å². The molecule has 1 amide bonds. The number of amides is 1. The van der Waals surface area contributed by atoms with E-state index in [4.69, 9.17) is 5.11 Å². The van der Waals surface area contributed by atoms with Crippen molar-refractivity contribution in [2.24, 2.45) is 5.92 Å².